The molecule has 0 saturated carbocycles. The average Bonchev–Trinajstić information content (AvgIpc) is 4.11. The zero-order chi connectivity index (χ0) is 48.5. The largest absolute Gasteiger partial charge is 0.497 e. The molecule has 14 nitrogen and oxygen atoms in total. The number of aromatic nitrogens is 1. The van der Waals surface area contributed by atoms with E-state index in [4.69, 9.17) is 32.8 Å². The molecular formula is C55H65N3O11. The Morgan fingerprint density at radius 3 is 2.38 bits per heavy atom. The first-order valence-electron chi connectivity index (χ1n) is 24.2. The summed E-state index contributed by atoms with van der Waals surface area (Å²) in [6.07, 6.45) is 3.51. The molecule has 4 aromatic carbocycles. The number of carboxylic acid groups (broad SMARTS) is 1. The second-order valence-electron chi connectivity index (χ2n) is 19.3. The van der Waals surface area contributed by atoms with Gasteiger partial charge in [0, 0.05) is 57.0 Å². The van der Waals surface area contributed by atoms with Gasteiger partial charge in [0.15, 0.2) is 6.29 Å². The molecule has 1 amide bonds. The van der Waals surface area contributed by atoms with Crippen LogP contribution in [0.4, 0.5) is 4.79 Å². The molecule has 1 aromatic heterocycles. The van der Waals surface area contributed by atoms with Crippen LogP contribution in [0, 0.1) is 36.0 Å². The molecule has 69 heavy (non-hydrogen) atoms. The molecule has 366 valence electrons. The van der Waals surface area contributed by atoms with Gasteiger partial charge >= 0.3 is 18.0 Å². The summed E-state index contributed by atoms with van der Waals surface area (Å²) in [5.41, 5.74) is 4.54. The van der Waals surface area contributed by atoms with E-state index in [1.807, 2.05) is 99.6 Å². The van der Waals surface area contributed by atoms with E-state index in [1.165, 1.54) is 10.5 Å². The number of cyclic esters (lactones) is 1. The molecule has 0 bridgehead atoms. The number of hydrogen-bond acceptors (Lipinski definition) is 12. The van der Waals surface area contributed by atoms with Gasteiger partial charge in [0.1, 0.15) is 29.1 Å². The standard InChI is InChI=1S/C30H36N2O7.C25H29NO4/c1-19(2)18-38-30(35)32-16-23(26(17-32)29(33)34)14-21-8-10-24(11-9-21)37-13-12-27-20(3)39-28(31-27)22-6-5-7-25(15-22)36-4;1-25-17-26(15-18-7-3-2-4-8-18)16-21(25)23(30-24(25)27)19-10-12-20(13-11-19)29-22-9-5-6-14-28-22/h5-11,15,19,23,26H,12-14,16-18H2,1-4H3,(H,33,34);2-4,7-8,10-13,21-23H,5-6,9,14-17H2,1H3/t23-,26+;21-,22?,23?,25-/m10/s1. The predicted octanol–water partition coefficient (Wildman–Crippen LogP) is 9.58. The van der Waals surface area contributed by atoms with Gasteiger partial charge in [0.25, 0.3) is 0 Å². The zero-order valence-electron chi connectivity index (χ0n) is 40.3. The van der Waals surface area contributed by atoms with Crippen molar-refractivity contribution >= 4 is 18.0 Å². The Balaban J connectivity index is 0.000000192. The highest BCUT2D eigenvalue weighted by Crippen LogP contribution is 2.52. The third-order valence-corrected chi connectivity index (χ3v) is 13.5. The summed E-state index contributed by atoms with van der Waals surface area (Å²) in [5.74, 6) is 2.15. The van der Waals surface area contributed by atoms with E-state index >= 15 is 0 Å². The number of amides is 1. The lowest BCUT2D eigenvalue weighted by atomic mass is 9.78. The van der Waals surface area contributed by atoms with Crippen molar-refractivity contribution in [2.75, 3.05) is 53.1 Å². The number of methoxy groups -OCH3 is 1. The summed E-state index contributed by atoms with van der Waals surface area (Å²) in [6, 6.07) is 33.6. The molecule has 0 aliphatic carbocycles. The molecule has 4 fully saturated rings. The van der Waals surface area contributed by atoms with Gasteiger partial charge in [-0.15, -0.1) is 0 Å². The number of aryl methyl sites for hydroxylation is 1. The van der Waals surface area contributed by atoms with Gasteiger partial charge in [0.2, 0.25) is 5.89 Å². The van der Waals surface area contributed by atoms with Crippen LogP contribution >= 0.6 is 0 Å². The van der Waals surface area contributed by atoms with Crippen LogP contribution in [-0.2, 0) is 43.2 Å². The molecule has 2 unspecified atom stereocenters. The van der Waals surface area contributed by atoms with Gasteiger partial charge in [-0.1, -0.05) is 74.5 Å². The first-order chi connectivity index (χ1) is 33.3. The fourth-order valence-corrected chi connectivity index (χ4v) is 9.72. The number of nitrogens with zero attached hydrogens (tertiary/aromatic N) is 3. The molecule has 14 heteroatoms. The van der Waals surface area contributed by atoms with E-state index in [1.54, 1.807) is 7.11 Å². The molecule has 1 N–H and O–H groups in total. The minimum absolute atomic E-state index is 0.0796. The van der Waals surface area contributed by atoms with Crippen LogP contribution in [-0.4, -0.2) is 97.3 Å². The highest BCUT2D eigenvalue weighted by atomic mass is 16.7. The maximum atomic E-state index is 12.8. The van der Waals surface area contributed by atoms with Gasteiger partial charge in [-0.2, -0.15) is 0 Å². The normalized spacial score (nSPS) is 23.2. The van der Waals surface area contributed by atoms with Crippen molar-refractivity contribution < 1.29 is 52.3 Å². The molecule has 0 spiro atoms. The zero-order valence-corrected chi connectivity index (χ0v) is 40.3. The van der Waals surface area contributed by atoms with Gasteiger partial charge in [-0.25, -0.2) is 9.78 Å². The van der Waals surface area contributed by atoms with E-state index in [-0.39, 0.29) is 42.7 Å². The minimum Gasteiger partial charge on any atom is -0.497 e. The van der Waals surface area contributed by atoms with Crippen LogP contribution in [0.3, 0.4) is 0 Å². The number of carbonyl (C=O) groups excluding carboxylic acids is 2. The van der Waals surface area contributed by atoms with E-state index in [0.717, 1.165) is 85.1 Å². The summed E-state index contributed by atoms with van der Waals surface area (Å²) in [5, 5.41) is 9.71. The number of hydrogen-bond donors (Lipinski definition) is 1. The molecule has 0 radical (unpaired) electrons. The number of rotatable bonds is 16. The maximum Gasteiger partial charge on any atom is 0.409 e. The number of carbonyl (C=O) groups is 3. The molecule has 6 atom stereocenters. The van der Waals surface area contributed by atoms with E-state index in [2.05, 4.69) is 41.1 Å². The Morgan fingerprint density at radius 1 is 0.899 bits per heavy atom. The van der Waals surface area contributed by atoms with Gasteiger partial charge < -0.3 is 42.8 Å². The Labute approximate surface area is 404 Å². The minimum atomic E-state index is -0.892. The number of likely N-dealkylation sites (tertiary alicyclic amines) is 2. The quantitative estimate of drug-likeness (QED) is 0.0933. The lowest BCUT2D eigenvalue weighted by Crippen LogP contribution is -2.31. The molecule has 5 heterocycles. The second-order valence-corrected chi connectivity index (χ2v) is 19.3. The van der Waals surface area contributed by atoms with E-state index < -0.39 is 23.4 Å². The fourth-order valence-electron chi connectivity index (χ4n) is 9.72. The smallest absolute Gasteiger partial charge is 0.409 e. The lowest BCUT2D eigenvalue weighted by Gasteiger charge is -2.24. The Kier molecular flexibility index (Phi) is 15.9. The molecule has 4 saturated heterocycles. The summed E-state index contributed by atoms with van der Waals surface area (Å²) < 4.78 is 39.9. The Hall–Kier alpha value is -6.38. The Bertz CT molecular complexity index is 2490. The molecule has 5 aromatic rings. The van der Waals surface area contributed by atoms with Crippen LogP contribution in [0.5, 0.6) is 17.2 Å². The number of oxazole rings is 1. The number of aliphatic carboxylic acids is 1. The van der Waals surface area contributed by atoms with Crippen LogP contribution in [0.1, 0.15) is 74.3 Å². The first kappa shape index (κ1) is 49.1. The third-order valence-electron chi connectivity index (χ3n) is 13.5. The van der Waals surface area contributed by atoms with Crippen molar-refractivity contribution in [3.63, 3.8) is 0 Å². The molecule has 9 rings (SSSR count). The summed E-state index contributed by atoms with van der Waals surface area (Å²) >= 11 is 0. The van der Waals surface area contributed by atoms with E-state index in [0.29, 0.717) is 44.2 Å². The van der Waals surface area contributed by atoms with Gasteiger partial charge in [0.05, 0.1) is 44.0 Å². The Morgan fingerprint density at radius 2 is 1.67 bits per heavy atom. The predicted molar refractivity (Wildman–Crippen MR) is 258 cm³/mol. The number of carboxylic acids is 1. The SMILES string of the molecule is COc1cccc(-c2nc(CCOc3ccc(C[C@@H]4CN(C(=O)OCC(C)C)C[C@@H]4C(=O)O)cc3)c(C)o2)c1.C[C@]12CN(Cc3ccccc3)C[C@H]1C(c1ccc(OC3CCCCO3)cc1)OC2=O. The highest BCUT2D eigenvalue weighted by Gasteiger charge is 2.59. The number of benzene rings is 4. The molecular weight excluding hydrogens is 879 g/mol. The van der Waals surface area contributed by atoms with Gasteiger partial charge in [-0.05, 0) is 104 Å². The maximum absolute atomic E-state index is 12.8. The van der Waals surface area contributed by atoms with E-state index in [9.17, 15) is 19.5 Å². The lowest BCUT2D eigenvalue weighted by molar-refractivity contribution is -0.149. The number of fused-ring (bicyclic) bond motifs is 1. The average molecular weight is 944 g/mol. The number of esters is 1. The molecule has 4 aliphatic heterocycles. The van der Waals surface area contributed by atoms with Crippen LogP contribution in [0.15, 0.2) is 108 Å². The van der Waals surface area contributed by atoms with Crippen molar-refractivity contribution in [1.82, 2.24) is 14.8 Å². The summed E-state index contributed by atoms with van der Waals surface area (Å²) in [4.78, 5) is 45.5. The van der Waals surface area contributed by atoms with Crippen molar-refractivity contribution in [2.24, 2.45) is 29.1 Å². The highest BCUT2D eigenvalue weighted by molar-refractivity contribution is 5.80. The number of ether oxygens (including phenoxy) is 6. The second kappa shape index (κ2) is 22.4. The summed E-state index contributed by atoms with van der Waals surface area (Å²) in [6.45, 7) is 12.4. The van der Waals surface area contributed by atoms with Crippen molar-refractivity contribution in [3.05, 3.63) is 131 Å². The topological polar surface area (TPSA) is 159 Å². The van der Waals surface area contributed by atoms with Crippen molar-refractivity contribution in [3.8, 4) is 28.7 Å². The van der Waals surface area contributed by atoms with Crippen LogP contribution in [0.25, 0.3) is 11.5 Å². The van der Waals surface area contributed by atoms with Gasteiger partial charge in [-0.3, -0.25) is 14.5 Å². The fraction of sp³-hybridized carbons (Fsp3) is 0.455. The monoisotopic (exact) mass is 943 g/mol. The third kappa shape index (κ3) is 12.3. The summed E-state index contributed by atoms with van der Waals surface area (Å²) in [7, 11) is 1.62. The molecule has 4 aliphatic rings. The van der Waals surface area contributed by atoms with Crippen molar-refractivity contribution in [2.45, 2.75) is 78.7 Å². The first-order valence-corrected chi connectivity index (χ1v) is 24.2. The van der Waals surface area contributed by atoms with Crippen LogP contribution < -0.4 is 14.2 Å². The van der Waals surface area contributed by atoms with Crippen molar-refractivity contribution in [1.29, 1.82) is 0 Å². The van der Waals surface area contributed by atoms with Crippen LogP contribution in [0.2, 0.25) is 0 Å².